The minimum absolute atomic E-state index is 0.0448. The van der Waals surface area contributed by atoms with Crippen molar-refractivity contribution in [1.29, 1.82) is 0 Å². The lowest BCUT2D eigenvalue weighted by Crippen LogP contribution is -2.52. The molecule has 1 aliphatic rings. The van der Waals surface area contributed by atoms with Gasteiger partial charge in [0, 0.05) is 35.0 Å². The molecule has 8 heteroatoms. The standard InChI is InChI=1S/C21H24F2N2O2S2/c1-21(2,27-15-6-7-18(22)19(23)12-15)20(26)24-14-8-10-25(11-9-14)29-17-5-3-4-16(28)13-17/h3-7,12-14,28H,8-11H2,1-2H3,(H,24,26). The number of nitrogens with zero attached hydrogens (tertiary/aromatic N) is 1. The monoisotopic (exact) mass is 438 g/mol. The molecular formula is C21H24F2N2O2S2. The number of carbonyl (C=O) groups is 1. The molecule has 29 heavy (non-hydrogen) atoms. The third-order valence-corrected chi connectivity index (χ3v) is 6.02. The van der Waals surface area contributed by atoms with Gasteiger partial charge in [-0.05, 0) is 69.0 Å². The number of halogens is 2. The molecule has 156 valence electrons. The fourth-order valence-corrected chi connectivity index (χ4v) is 4.34. The van der Waals surface area contributed by atoms with Gasteiger partial charge in [-0.25, -0.2) is 13.1 Å². The van der Waals surface area contributed by atoms with Crippen molar-refractivity contribution in [2.75, 3.05) is 13.1 Å². The number of piperidine rings is 1. The van der Waals surface area contributed by atoms with Gasteiger partial charge in [0.05, 0.1) is 0 Å². The normalized spacial score (nSPS) is 15.9. The Balaban J connectivity index is 1.49. The van der Waals surface area contributed by atoms with Gasteiger partial charge < -0.3 is 10.1 Å². The zero-order valence-electron chi connectivity index (χ0n) is 16.3. The highest BCUT2D eigenvalue weighted by atomic mass is 32.2. The van der Waals surface area contributed by atoms with Gasteiger partial charge in [-0.15, -0.1) is 12.6 Å². The smallest absolute Gasteiger partial charge is 0.263 e. The number of amides is 1. The van der Waals surface area contributed by atoms with E-state index in [1.165, 1.54) is 6.07 Å². The molecule has 1 aliphatic heterocycles. The van der Waals surface area contributed by atoms with Gasteiger partial charge in [-0.1, -0.05) is 6.07 Å². The van der Waals surface area contributed by atoms with Crippen LogP contribution in [0.5, 0.6) is 5.75 Å². The number of ether oxygens (including phenoxy) is 1. The van der Waals surface area contributed by atoms with Crippen LogP contribution in [0.1, 0.15) is 26.7 Å². The highest BCUT2D eigenvalue weighted by molar-refractivity contribution is 7.97. The predicted octanol–water partition coefficient (Wildman–Crippen LogP) is 4.70. The maximum Gasteiger partial charge on any atom is 0.263 e. The largest absolute Gasteiger partial charge is 0.478 e. The van der Waals surface area contributed by atoms with Crippen molar-refractivity contribution >= 4 is 30.5 Å². The van der Waals surface area contributed by atoms with Crippen LogP contribution in [0.4, 0.5) is 8.78 Å². The van der Waals surface area contributed by atoms with Crippen LogP contribution >= 0.6 is 24.6 Å². The predicted molar refractivity (Wildman–Crippen MR) is 113 cm³/mol. The van der Waals surface area contributed by atoms with Gasteiger partial charge in [0.15, 0.2) is 17.2 Å². The maximum atomic E-state index is 13.4. The summed E-state index contributed by atoms with van der Waals surface area (Å²) in [7, 11) is 0. The van der Waals surface area contributed by atoms with Gasteiger partial charge in [0.25, 0.3) is 5.91 Å². The zero-order chi connectivity index (χ0) is 21.0. The first-order chi connectivity index (χ1) is 13.7. The van der Waals surface area contributed by atoms with Crippen molar-refractivity contribution in [1.82, 2.24) is 9.62 Å². The molecule has 2 aromatic rings. The van der Waals surface area contributed by atoms with E-state index in [9.17, 15) is 13.6 Å². The summed E-state index contributed by atoms with van der Waals surface area (Å²) in [6.45, 7) is 4.91. The molecule has 0 bridgehead atoms. The lowest BCUT2D eigenvalue weighted by atomic mass is 10.0. The van der Waals surface area contributed by atoms with Gasteiger partial charge in [-0.3, -0.25) is 4.79 Å². The molecule has 0 saturated carbocycles. The Hall–Kier alpha value is -1.77. The lowest BCUT2D eigenvalue weighted by molar-refractivity contribution is -0.135. The van der Waals surface area contributed by atoms with Crippen molar-refractivity contribution < 1.29 is 18.3 Å². The van der Waals surface area contributed by atoms with Crippen molar-refractivity contribution in [2.24, 2.45) is 0 Å². The summed E-state index contributed by atoms with van der Waals surface area (Å²) in [4.78, 5) is 14.7. The molecule has 2 aromatic carbocycles. The van der Waals surface area contributed by atoms with Crippen LogP contribution in [-0.2, 0) is 4.79 Å². The van der Waals surface area contributed by atoms with Crippen LogP contribution < -0.4 is 10.1 Å². The van der Waals surface area contributed by atoms with Gasteiger partial charge >= 0.3 is 0 Å². The Morgan fingerprint density at radius 1 is 1.17 bits per heavy atom. The molecular weight excluding hydrogens is 414 g/mol. The fourth-order valence-electron chi connectivity index (χ4n) is 3.02. The number of rotatable bonds is 6. The number of nitrogens with one attached hydrogen (secondary N) is 1. The van der Waals surface area contributed by atoms with Crippen molar-refractivity contribution in [3.63, 3.8) is 0 Å². The molecule has 1 heterocycles. The summed E-state index contributed by atoms with van der Waals surface area (Å²) < 4.78 is 34.3. The number of carbonyl (C=O) groups excluding carboxylic acids is 1. The molecule has 0 aromatic heterocycles. The molecule has 4 nitrogen and oxygen atoms in total. The minimum atomic E-state index is -1.21. The van der Waals surface area contributed by atoms with Crippen molar-refractivity contribution in [3.8, 4) is 5.75 Å². The van der Waals surface area contributed by atoms with E-state index in [4.69, 9.17) is 4.74 Å². The summed E-state index contributed by atoms with van der Waals surface area (Å²) in [5, 5.41) is 3.02. The van der Waals surface area contributed by atoms with E-state index in [0.29, 0.717) is 0 Å². The molecule has 1 amide bonds. The van der Waals surface area contributed by atoms with E-state index < -0.39 is 17.2 Å². The molecule has 0 spiro atoms. The average molecular weight is 439 g/mol. The number of thiol groups is 1. The summed E-state index contributed by atoms with van der Waals surface area (Å²) >= 11 is 6.06. The van der Waals surface area contributed by atoms with Crippen LogP contribution in [-0.4, -0.2) is 34.9 Å². The van der Waals surface area contributed by atoms with Crippen LogP contribution in [0.15, 0.2) is 52.3 Å². The molecule has 1 saturated heterocycles. The molecule has 3 rings (SSSR count). The van der Waals surface area contributed by atoms with Crippen LogP contribution in [0.25, 0.3) is 0 Å². The van der Waals surface area contributed by atoms with E-state index in [2.05, 4.69) is 28.3 Å². The first-order valence-corrected chi connectivity index (χ1v) is 10.6. The van der Waals surface area contributed by atoms with Crippen molar-refractivity contribution in [3.05, 3.63) is 54.1 Å². The Kier molecular flexibility index (Phi) is 7.08. The average Bonchev–Trinajstić information content (AvgIpc) is 2.66. The summed E-state index contributed by atoms with van der Waals surface area (Å²) in [6, 6.07) is 11.3. The van der Waals surface area contributed by atoms with E-state index in [1.807, 2.05) is 18.2 Å². The summed E-state index contributed by atoms with van der Waals surface area (Å²) in [5.41, 5.74) is -1.21. The summed E-state index contributed by atoms with van der Waals surface area (Å²) in [5.74, 6) is -2.13. The Bertz CT molecular complexity index is 872. The van der Waals surface area contributed by atoms with E-state index in [0.717, 1.165) is 47.9 Å². The second kappa shape index (κ2) is 9.36. The third-order valence-electron chi connectivity index (χ3n) is 4.65. The van der Waals surface area contributed by atoms with E-state index >= 15 is 0 Å². The molecule has 0 radical (unpaired) electrons. The van der Waals surface area contributed by atoms with Crippen molar-refractivity contribution in [2.45, 2.75) is 48.1 Å². The Morgan fingerprint density at radius 3 is 2.55 bits per heavy atom. The van der Waals surface area contributed by atoms with E-state index in [1.54, 1.807) is 25.8 Å². The molecule has 0 atom stereocenters. The topological polar surface area (TPSA) is 41.6 Å². The number of benzene rings is 2. The molecule has 1 N–H and O–H groups in total. The first kappa shape index (κ1) is 21.9. The third kappa shape index (κ3) is 6.10. The van der Waals surface area contributed by atoms with Crippen LogP contribution in [0, 0.1) is 11.6 Å². The molecule has 1 fully saturated rings. The lowest BCUT2D eigenvalue weighted by Gasteiger charge is -2.33. The second-order valence-corrected chi connectivity index (χ2v) is 9.14. The second-order valence-electron chi connectivity index (χ2n) is 7.45. The van der Waals surface area contributed by atoms with Crippen LogP contribution in [0.2, 0.25) is 0 Å². The summed E-state index contributed by atoms with van der Waals surface area (Å²) in [6.07, 6.45) is 1.64. The highest BCUT2D eigenvalue weighted by Gasteiger charge is 2.33. The molecule has 0 unspecified atom stereocenters. The quantitative estimate of drug-likeness (QED) is 0.507. The number of hydrogen-bond acceptors (Lipinski definition) is 5. The van der Waals surface area contributed by atoms with Gasteiger partial charge in [0.2, 0.25) is 0 Å². The molecule has 0 aliphatic carbocycles. The highest BCUT2D eigenvalue weighted by Crippen LogP contribution is 2.28. The Labute approximate surface area is 179 Å². The van der Waals surface area contributed by atoms with E-state index in [-0.39, 0.29) is 17.7 Å². The fraction of sp³-hybridized carbons (Fsp3) is 0.381. The van der Waals surface area contributed by atoms with Gasteiger partial charge in [-0.2, -0.15) is 0 Å². The SMILES string of the molecule is CC(C)(Oc1ccc(F)c(F)c1)C(=O)NC1CCN(Sc2cccc(S)c2)CC1. The zero-order valence-corrected chi connectivity index (χ0v) is 18.0. The van der Waals surface area contributed by atoms with Crippen LogP contribution in [0.3, 0.4) is 0 Å². The maximum absolute atomic E-state index is 13.4. The van der Waals surface area contributed by atoms with Gasteiger partial charge in [0.1, 0.15) is 5.75 Å². The first-order valence-electron chi connectivity index (χ1n) is 9.40. The number of hydrogen-bond donors (Lipinski definition) is 2. The Morgan fingerprint density at radius 2 is 1.90 bits per heavy atom. The minimum Gasteiger partial charge on any atom is -0.478 e.